The number of hydrogen-bond donors (Lipinski definition) is 1. The molecule has 0 aliphatic carbocycles. The highest BCUT2D eigenvalue weighted by Gasteiger charge is 2.36. The van der Waals surface area contributed by atoms with Gasteiger partial charge in [-0.1, -0.05) is 35.3 Å². The van der Waals surface area contributed by atoms with Crippen molar-refractivity contribution >= 4 is 46.6 Å². The fraction of sp³-hybridized carbons (Fsp3) is 0.267. The summed E-state index contributed by atoms with van der Waals surface area (Å²) in [6, 6.07) is 20.0. The van der Waals surface area contributed by atoms with Gasteiger partial charge in [0.25, 0.3) is 0 Å². The first-order valence-corrected chi connectivity index (χ1v) is 13.7. The zero-order chi connectivity index (χ0) is 26.9. The van der Waals surface area contributed by atoms with Crippen LogP contribution < -0.4 is 9.47 Å². The van der Waals surface area contributed by atoms with E-state index < -0.39 is 6.09 Å². The van der Waals surface area contributed by atoms with Gasteiger partial charge in [0.05, 0.1) is 0 Å². The second-order valence-corrected chi connectivity index (χ2v) is 10.8. The lowest BCUT2D eigenvalue weighted by Crippen LogP contribution is -2.42. The third-order valence-corrected chi connectivity index (χ3v) is 7.95. The number of carbonyl (C=O) groups excluding carboxylic acids is 2. The molecule has 0 bridgehead atoms. The van der Waals surface area contributed by atoms with Crippen molar-refractivity contribution in [3.8, 4) is 11.5 Å². The molecule has 3 aromatic carbocycles. The minimum Gasteiger partial charge on any atom is -0.490 e. The van der Waals surface area contributed by atoms with Gasteiger partial charge in [0.15, 0.2) is 0 Å². The molecule has 3 heterocycles. The number of hydrogen-bond acceptors (Lipinski definition) is 4. The summed E-state index contributed by atoms with van der Waals surface area (Å²) < 4.78 is 12.0. The molecule has 2 amide bonds. The van der Waals surface area contributed by atoms with E-state index in [9.17, 15) is 9.59 Å². The van der Waals surface area contributed by atoms with E-state index in [0.717, 1.165) is 52.7 Å². The zero-order valence-corrected chi connectivity index (χ0v) is 22.6. The number of nitrogens with zero attached hydrogens (tertiary/aromatic N) is 2. The van der Waals surface area contributed by atoms with Crippen molar-refractivity contribution in [1.82, 2.24) is 14.8 Å². The van der Waals surface area contributed by atoms with Gasteiger partial charge in [-0.05, 0) is 72.1 Å². The van der Waals surface area contributed by atoms with E-state index in [2.05, 4.69) is 4.98 Å². The Kier molecular flexibility index (Phi) is 7.11. The topological polar surface area (TPSA) is 74.9 Å². The van der Waals surface area contributed by atoms with Crippen molar-refractivity contribution in [2.75, 3.05) is 19.6 Å². The molecule has 0 spiro atoms. The molecule has 1 N–H and O–H groups in total. The van der Waals surface area contributed by atoms with Crippen molar-refractivity contribution < 1.29 is 19.1 Å². The Hall–Kier alpha value is -3.68. The second-order valence-electron chi connectivity index (χ2n) is 9.90. The largest absolute Gasteiger partial charge is 0.490 e. The quantitative estimate of drug-likeness (QED) is 0.277. The van der Waals surface area contributed by atoms with Gasteiger partial charge < -0.3 is 19.4 Å². The molecule has 0 saturated carbocycles. The summed E-state index contributed by atoms with van der Waals surface area (Å²) >= 11 is 12.3. The summed E-state index contributed by atoms with van der Waals surface area (Å²) in [7, 11) is 0. The lowest BCUT2D eigenvalue weighted by atomic mass is 9.92. The molecular formula is C30H27Cl2N3O4. The Morgan fingerprint density at radius 2 is 1.59 bits per heavy atom. The van der Waals surface area contributed by atoms with E-state index in [1.54, 1.807) is 34.1 Å². The summed E-state index contributed by atoms with van der Waals surface area (Å²) in [6.45, 7) is 1.88. The molecule has 39 heavy (non-hydrogen) atoms. The second kappa shape index (κ2) is 10.8. The number of rotatable bonds is 5. The minimum absolute atomic E-state index is 0.0673. The summed E-state index contributed by atoms with van der Waals surface area (Å²) in [5, 5.41) is 2.31. The number of halogens is 2. The van der Waals surface area contributed by atoms with Gasteiger partial charge in [0.2, 0.25) is 6.41 Å². The number of ether oxygens (including phenoxy) is 2. The summed E-state index contributed by atoms with van der Waals surface area (Å²) in [4.78, 5) is 31.5. The number of likely N-dealkylation sites (tertiary alicyclic amines) is 1. The van der Waals surface area contributed by atoms with E-state index in [4.69, 9.17) is 32.7 Å². The number of piperidine rings is 1. The Labute approximate surface area is 236 Å². The van der Waals surface area contributed by atoms with Crippen molar-refractivity contribution in [2.24, 2.45) is 0 Å². The molecule has 1 saturated heterocycles. The standard InChI is InChI=1S/C30H27Cl2N3O4/c31-20-3-8-23(9-4-20)39-30(37)35-16-13-25-26-17-21(32)5-10-27(26)33-28(25)29(35)19-1-6-22(7-2-19)38-24-11-14-34(18-36)15-12-24/h1-10,17-18,24,29,33H,11-16H2/t29-/m0/s1. The predicted octanol–water partition coefficient (Wildman–Crippen LogP) is 6.62. The van der Waals surface area contributed by atoms with Crippen LogP contribution in [0.4, 0.5) is 4.79 Å². The van der Waals surface area contributed by atoms with Crippen LogP contribution in [-0.4, -0.2) is 53.0 Å². The number of nitrogens with one attached hydrogen (secondary N) is 1. The normalized spacial score (nSPS) is 17.6. The first kappa shape index (κ1) is 25.6. The highest BCUT2D eigenvalue weighted by Crippen LogP contribution is 2.40. The molecule has 1 atom stereocenters. The average molecular weight is 564 g/mol. The summed E-state index contributed by atoms with van der Waals surface area (Å²) in [6.07, 6.45) is 2.79. The van der Waals surface area contributed by atoms with Crippen LogP contribution in [-0.2, 0) is 11.2 Å². The lowest BCUT2D eigenvalue weighted by Gasteiger charge is -2.35. The highest BCUT2D eigenvalue weighted by atomic mass is 35.5. The number of aromatic nitrogens is 1. The third kappa shape index (κ3) is 5.29. The van der Waals surface area contributed by atoms with Gasteiger partial charge in [-0.15, -0.1) is 0 Å². The molecule has 2 aliphatic rings. The maximum Gasteiger partial charge on any atom is 0.416 e. The van der Waals surface area contributed by atoms with Crippen LogP contribution in [0.25, 0.3) is 10.9 Å². The van der Waals surface area contributed by atoms with E-state index in [1.807, 2.05) is 42.5 Å². The molecule has 1 fully saturated rings. The molecule has 1 aromatic heterocycles. The van der Waals surface area contributed by atoms with Crippen LogP contribution in [0, 0.1) is 0 Å². The lowest BCUT2D eigenvalue weighted by molar-refractivity contribution is -0.119. The molecule has 200 valence electrons. The van der Waals surface area contributed by atoms with Gasteiger partial charge in [-0.2, -0.15) is 0 Å². The van der Waals surface area contributed by atoms with Gasteiger partial charge >= 0.3 is 6.09 Å². The minimum atomic E-state index is -0.438. The van der Waals surface area contributed by atoms with Crippen molar-refractivity contribution in [2.45, 2.75) is 31.4 Å². The maximum atomic E-state index is 13.5. The predicted molar refractivity (Wildman–Crippen MR) is 151 cm³/mol. The molecule has 7 nitrogen and oxygen atoms in total. The highest BCUT2D eigenvalue weighted by molar-refractivity contribution is 6.31. The monoisotopic (exact) mass is 563 g/mol. The van der Waals surface area contributed by atoms with Crippen LogP contribution in [0.15, 0.2) is 66.7 Å². The van der Waals surface area contributed by atoms with Gasteiger partial charge in [-0.25, -0.2) is 4.79 Å². The number of benzene rings is 3. The number of amides is 2. The van der Waals surface area contributed by atoms with Crippen LogP contribution in [0.2, 0.25) is 10.0 Å². The molecular weight excluding hydrogens is 537 g/mol. The number of H-pyrrole nitrogens is 1. The Morgan fingerprint density at radius 3 is 2.31 bits per heavy atom. The van der Waals surface area contributed by atoms with Gasteiger partial charge in [0.1, 0.15) is 23.6 Å². The average Bonchev–Trinajstić information content (AvgIpc) is 3.32. The van der Waals surface area contributed by atoms with Gasteiger partial charge in [0, 0.05) is 59.1 Å². The van der Waals surface area contributed by atoms with E-state index >= 15 is 0 Å². The van der Waals surface area contributed by atoms with Crippen molar-refractivity contribution in [3.63, 3.8) is 0 Å². The Bertz CT molecular complexity index is 1500. The zero-order valence-electron chi connectivity index (χ0n) is 21.1. The van der Waals surface area contributed by atoms with E-state index in [0.29, 0.717) is 41.8 Å². The molecule has 2 aliphatic heterocycles. The smallest absolute Gasteiger partial charge is 0.416 e. The first-order valence-electron chi connectivity index (χ1n) is 13.0. The van der Waals surface area contributed by atoms with E-state index in [1.165, 1.54) is 0 Å². The Morgan fingerprint density at radius 1 is 0.897 bits per heavy atom. The summed E-state index contributed by atoms with van der Waals surface area (Å²) in [5.41, 5.74) is 4.01. The van der Waals surface area contributed by atoms with Crippen LogP contribution in [0.3, 0.4) is 0 Å². The number of fused-ring (bicyclic) bond motifs is 3. The molecule has 9 heteroatoms. The molecule has 4 aromatic rings. The fourth-order valence-corrected chi connectivity index (χ4v) is 5.78. The fourth-order valence-electron chi connectivity index (χ4n) is 5.49. The molecule has 0 radical (unpaired) electrons. The van der Waals surface area contributed by atoms with Crippen LogP contribution in [0.5, 0.6) is 11.5 Å². The molecule has 6 rings (SSSR count). The maximum absolute atomic E-state index is 13.5. The summed E-state index contributed by atoms with van der Waals surface area (Å²) in [5.74, 6) is 1.19. The first-order chi connectivity index (χ1) is 19.0. The SMILES string of the molecule is O=CN1CCC(Oc2ccc([C@H]3c4[nH]c5ccc(Cl)cc5c4CCN3C(=O)Oc3ccc(Cl)cc3)cc2)CC1. The van der Waals surface area contributed by atoms with Crippen molar-refractivity contribution in [1.29, 1.82) is 0 Å². The number of aromatic amines is 1. The molecule has 0 unspecified atom stereocenters. The van der Waals surface area contributed by atoms with Crippen LogP contribution >= 0.6 is 23.2 Å². The van der Waals surface area contributed by atoms with Crippen LogP contribution in [0.1, 0.15) is 35.7 Å². The van der Waals surface area contributed by atoms with Gasteiger partial charge in [-0.3, -0.25) is 9.69 Å². The van der Waals surface area contributed by atoms with Crippen molar-refractivity contribution in [3.05, 3.63) is 93.6 Å². The van der Waals surface area contributed by atoms with E-state index in [-0.39, 0.29) is 12.1 Å². The Balaban J connectivity index is 1.30. The third-order valence-electron chi connectivity index (χ3n) is 7.47. The number of carbonyl (C=O) groups is 2.